The number of anilines is 1. The van der Waals surface area contributed by atoms with E-state index in [1.807, 2.05) is 5.32 Å². The zero-order valence-corrected chi connectivity index (χ0v) is 10.2. The van der Waals surface area contributed by atoms with Crippen molar-refractivity contribution < 1.29 is 36.2 Å². The van der Waals surface area contributed by atoms with E-state index in [1.165, 1.54) is 0 Å². The summed E-state index contributed by atoms with van der Waals surface area (Å²) in [5.41, 5.74) is -1.27. The summed E-state index contributed by atoms with van der Waals surface area (Å²) in [5.74, 6) is -3.59. The first-order valence-corrected chi connectivity index (χ1v) is 5.76. The number of alkyl halides is 6. The molecule has 9 heteroatoms. The van der Waals surface area contributed by atoms with Crippen LogP contribution in [-0.2, 0) is 17.4 Å². The summed E-state index contributed by atoms with van der Waals surface area (Å²) < 4.78 is 76.1. The minimum absolute atomic E-state index is 0.0993. The first-order valence-electron chi connectivity index (χ1n) is 5.76. The molecule has 21 heavy (non-hydrogen) atoms. The Labute approximate surface area is 114 Å². The molecular formula is C12H9F6NO2. The van der Waals surface area contributed by atoms with Crippen molar-refractivity contribution in [3.63, 3.8) is 0 Å². The fourth-order valence-corrected chi connectivity index (χ4v) is 2.24. The molecule has 1 aromatic rings. The maximum absolute atomic E-state index is 12.8. The van der Waals surface area contributed by atoms with Crippen molar-refractivity contribution in [3.05, 3.63) is 29.3 Å². The fourth-order valence-electron chi connectivity index (χ4n) is 2.24. The molecule has 2 unspecified atom stereocenters. The van der Waals surface area contributed by atoms with Gasteiger partial charge in [0.25, 0.3) is 0 Å². The van der Waals surface area contributed by atoms with Crippen LogP contribution in [0.2, 0.25) is 0 Å². The van der Waals surface area contributed by atoms with E-state index in [4.69, 9.17) is 5.11 Å². The van der Waals surface area contributed by atoms with Crippen LogP contribution in [0, 0.1) is 5.92 Å². The second kappa shape index (κ2) is 4.81. The smallest absolute Gasteiger partial charge is 0.416 e. The summed E-state index contributed by atoms with van der Waals surface area (Å²) in [6, 6.07) is -0.126. The van der Waals surface area contributed by atoms with Crippen LogP contribution in [0.5, 0.6) is 0 Å². The number of rotatable bonds is 1. The third-order valence-corrected chi connectivity index (χ3v) is 3.26. The Kier molecular flexibility index (Phi) is 3.54. The summed E-state index contributed by atoms with van der Waals surface area (Å²) in [4.78, 5) is 10.9. The molecule has 1 heterocycles. The fraction of sp³-hybridized carbons (Fsp3) is 0.417. The highest BCUT2D eigenvalue weighted by Crippen LogP contribution is 2.39. The second-order valence-corrected chi connectivity index (χ2v) is 4.68. The van der Waals surface area contributed by atoms with Gasteiger partial charge in [-0.3, -0.25) is 4.79 Å². The molecule has 1 aliphatic heterocycles. The molecule has 0 saturated carbocycles. The summed E-state index contributed by atoms with van der Waals surface area (Å²) in [5, 5.41) is 10.8. The molecule has 0 bridgehead atoms. The van der Waals surface area contributed by atoms with Crippen LogP contribution in [0.3, 0.4) is 0 Å². The Hall–Kier alpha value is -1.93. The van der Waals surface area contributed by atoms with Gasteiger partial charge in [0.15, 0.2) is 0 Å². The van der Waals surface area contributed by atoms with Crippen LogP contribution in [0.15, 0.2) is 18.2 Å². The standard InChI is InChI=1S/C12H9F6NO2/c13-11(14,15)6-1-2-8-5(3-6)4-7(10(20)21)9(19-8)12(16,17)18/h1-3,7,9,19H,4H2,(H,20,21). The normalized spacial score (nSPS) is 22.4. The molecular weight excluding hydrogens is 304 g/mol. The Bertz CT molecular complexity index is 566. The van der Waals surface area contributed by atoms with Crippen LogP contribution in [0.25, 0.3) is 0 Å². The summed E-state index contributed by atoms with van der Waals surface area (Å²) in [6.45, 7) is 0. The zero-order chi connectivity index (χ0) is 16.0. The van der Waals surface area contributed by atoms with Gasteiger partial charge in [0.05, 0.1) is 11.5 Å². The van der Waals surface area contributed by atoms with Gasteiger partial charge >= 0.3 is 18.3 Å². The number of halogens is 6. The van der Waals surface area contributed by atoms with Crippen molar-refractivity contribution in [1.29, 1.82) is 0 Å². The third-order valence-electron chi connectivity index (χ3n) is 3.26. The summed E-state index contributed by atoms with van der Waals surface area (Å²) in [7, 11) is 0. The Morgan fingerprint density at radius 3 is 2.29 bits per heavy atom. The largest absolute Gasteiger partial charge is 0.481 e. The predicted molar refractivity (Wildman–Crippen MR) is 59.7 cm³/mol. The Morgan fingerprint density at radius 2 is 1.81 bits per heavy atom. The van der Waals surface area contributed by atoms with Gasteiger partial charge in [0.2, 0.25) is 0 Å². The van der Waals surface area contributed by atoms with Gasteiger partial charge in [-0.2, -0.15) is 26.3 Å². The number of carboxylic acids is 1. The third kappa shape index (κ3) is 3.06. The van der Waals surface area contributed by atoms with Gasteiger partial charge in [0, 0.05) is 5.69 Å². The van der Waals surface area contributed by atoms with E-state index in [0.717, 1.165) is 6.07 Å². The van der Waals surface area contributed by atoms with Crippen molar-refractivity contribution in [1.82, 2.24) is 0 Å². The van der Waals surface area contributed by atoms with Crippen molar-refractivity contribution in [2.75, 3.05) is 5.32 Å². The van der Waals surface area contributed by atoms with E-state index in [9.17, 15) is 31.1 Å². The Balaban J connectivity index is 2.43. The monoisotopic (exact) mass is 313 g/mol. The number of carbonyl (C=O) groups is 1. The van der Waals surface area contributed by atoms with Crippen LogP contribution >= 0.6 is 0 Å². The molecule has 0 fully saturated rings. The number of carboxylic acid groups (broad SMARTS) is 1. The molecule has 0 aliphatic carbocycles. The number of aliphatic carboxylic acids is 1. The van der Waals surface area contributed by atoms with E-state index in [0.29, 0.717) is 12.1 Å². The topological polar surface area (TPSA) is 49.3 Å². The van der Waals surface area contributed by atoms with Gasteiger partial charge in [-0.1, -0.05) is 0 Å². The number of benzene rings is 1. The van der Waals surface area contributed by atoms with Gasteiger partial charge in [-0.25, -0.2) is 0 Å². The SMILES string of the molecule is O=C(O)C1Cc2cc(C(F)(F)F)ccc2NC1C(F)(F)F. The summed E-state index contributed by atoms with van der Waals surface area (Å²) in [6.07, 6.45) is -10.1. The van der Waals surface area contributed by atoms with Crippen molar-refractivity contribution in [2.45, 2.75) is 24.8 Å². The lowest BCUT2D eigenvalue weighted by atomic mass is 9.86. The molecule has 0 aromatic heterocycles. The maximum Gasteiger partial charge on any atom is 0.416 e. The van der Waals surface area contributed by atoms with E-state index in [-0.39, 0.29) is 11.3 Å². The van der Waals surface area contributed by atoms with Crippen LogP contribution in [0.1, 0.15) is 11.1 Å². The van der Waals surface area contributed by atoms with E-state index < -0.39 is 42.3 Å². The molecule has 0 spiro atoms. The highest BCUT2D eigenvalue weighted by atomic mass is 19.4. The maximum atomic E-state index is 12.8. The molecule has 2 rings (SSSR count). The Morgan fingerprint density at radius 1 is 1.19 bits per heavy atom. The number of hydrogen-bond donors (Lipinski definition) is 2. The van der Waals surface area contributed by atoms with E-state index in [2.05, 4.69) is 0 Å². The molecule has 2 N–H and O–H groups in total. The molecule has 0 saturated heterocycles. The lowest BCUT2D eigenvalue weighted by Gasteiger charge is -2.33. The van der Waals surface area contributed by atoms with Gasteiger partial charge < -0.3 is 10.4 Å². The first kappa shape index (κ1) is 15.5. The van der Waals surface area contributed by atoms with Crippen LogP contribution < -0.4 is 5.32 Å². The second-order valence-electron chi connectivity index (χ2n) is 4.68. The summed E-state index contributed by atoms with van der Waals surface area (Å²) >= 11 is 0. The van der Waals surface area contributed by atoms with Crippen molar-refractivity contribution >= 4 is 11.7 Å². The highest BCUT2D eigenvalue weighted by Gasteiger charge is 2.50. The molecule has 2 atom stereocenters. The van der Waals surface area contributed by atoms with E-state index in [1.54, 1.807) is 0 Å². The van der Waals surface area contributed by atoms with E-state index >= 15 is 0 Å². The zero-order valence-electron chi connectivity index (χ0n) is 10.2. The predicted octanol–water partition coefficient (Wildman–Crippen LogP) is 3.31. The molecule has 0 radical (unpaired) electrons. The highest BCUT2D eigenvalue weighted by molar-refractivity contribution is 5.75. The van der Waals surface area contributed by atoms with Gasteiger partial charge in [0.1, 0.15) is 6.04 Å². The van der Waals surface area contributed by atoms with Gasteiger partial charge in [-0.05, 0) is 30.2 Å². The molecule has 3 nitrogen and oxygen atoms in total. The van der Waals surface area contributed by atoms with Crippen molar-refractivity contribution in [3.8, 4) is 0 Å². The van der Waals surface area contributed by atoms with Crippen molar-refractivity contribution in [2.24, 2.45) is 5.92 Å². The average Bonchev–Trinajstić information content (AvgIpc) is 2.34. The van der Waals surface area contributed by atoms with Gasteiger partial charge in [-0.15, -0.1) is 0 Å². The first-order chi connectivity index (χ1) is 9.50. The molecule has 1 aromatic carbocycles. The lowest BCUT2D eigenvalue weighted by molar-refractivity contribution is -0.169. The van der Waals surface area contributed by atoms with Crippen LogP contribution in [-0.4, -0.2) is 23.3 Å². The number of fused-ring (bicyclic) bond motifs is 1. The molecule has 116 valence electrons. The minimum atomic E-state index is -4.82. The average molecular weight is 313 g/mol. The molecule has 0 amide bonds. The number of hydrogen-bond acceptors (Lipinski definition) is 2. The lowest BCUT2D eigenvalue weighted by Crippen LogP contribution is -2.49. The molecule has 1 aliphatic rings. The number of nitrogens with one attached hydrogen (secondary N) is 1. The van der Waals surface area contributed by atoms with Crippen LogP contribution in [0.4, 0.5) is 32.0 Å². The minimum Gasteiger partial charge on any atom is -0.481 e. The quantitative estimate of drug-likeness (QED) is 0.782.